The molecule has 0 aliphatic rings. The van der Waals surface area contributed by atoms with Crippen LogP contribution in [0.3, 0.4) is 0 Å². The third kappa shape index (κ3) is 10.4. The summed E-state index contributed by atoms with van der Waals surface area (Å²) < 4.78 is 0. The quantitative estimate of drug-likeness (QED) is 0.614. The first-order valence-electron chi connectivity index (χ1n) is 2.88. The zero-order valence-electron chi connectivity index (χ0n) is 6.06. The Morgan fingerprint density at radius 3 is 2.00 bits per heavy atom. The third-order valence-electron chi connectivity index (χ3n) is 0.770. The number of carboxylic acids is 1. The number of carboxylic acid groups (broad SMARTS) is 1. The molecule has 0 aliphatic heterocycles. The number of rotatable bonds is 2. The van der Waals surface area contributed by atoms with Crippen LogP contribution in [0.1, 0.15) is 28.2 Å². The largest absolute Gasteiger partial charge is 0.480 e. The van der Waals surface area contributed by atoms with Crippen LogP contribution in [0.5, 0.6) is 0 Å². The highest BCUT2D eigenvalue weighted by Gasteiger charge is 2.09. The fourth-order valence-corrected chi connectivity index (χ4v) is 0.341. The Labute approximate surface area is 62.4 Å². The topological polar surface area (TPSA) is 49.3 Å². The lowest BCUT2D eigenvalue weighted by Gasteiger charge is -2.18. The van der Waals surface area contributed by atoms with Crippen molar-refractivity contribution in [1.29, 1.82) is 0 Å². The Morgan fingerprint density at radius 1 is 1.50 bits per heavy atom. The van der Waals surface area contributed by atoms with E-state index in [1.165, 1.54) is 0 Å². The van der Waals surface area contributed by atoms with E-state index in [4.69, 9.17) is 5.11 Å². The van der Waals surface area contributed by atoms with Crippen LogP contribution in [0, 0.1) is 0 Å². The molecule has 0 saturated carbocycles. The van der Waals surface area contributed by atoms with E-state index in [0.29, 0.717) is 0 Å². The summed E-state index contributed by atoms with van der Waals surface area (Å²) in [4.78, 5) is 9.98. The fourth-order valence-electron chi connectivity index (χ4n) is 0.341. The first-order valence-corrected chi connectivity index (χ1v) is 2.88. The lowest BCUT2D eigenvalue weighted by Crippen LogP contribution is -2.39. The second kappa shape index (κ2) is 4.28. The SMILES string of the molecule is C.CC(C)(C)NCC(=O)O. The second-order valence-electron chi connectivity index (χ2n) is 3.00. The molecule has 0 aromatic heterocycles. The highest BCUT2D eigenvalue weighted by atomic mass is 16.4. The molecule has 0 aromatic carbocycles. The fraction of sp³-hybridized carbons (Fsp3) is 0.857. The molecular weight excluding hydrogens is 130 g/mol. The number of carbonyl (C=O) groups is 1. The Kier molecular flexibility index (Phi) is 5.19. The molecule has 0 spiro atoms. The van der Waals surface area contributed by atoms with Gasteiger partial charge < -0.3 is 10.4 Å². The van der Waals surface area contributed by atoms with Crippen molar-refractivity contribution in [3.8, 4) is 0 Å². The molecular formula is C7H17NO2. The van der Waals surface area contributed by atoms with Gasteiger partial charge >= 0.3 is 5.97 Å². The van der Waals surface area contributed by atoms with Gasteiger partial charge in [0.15, 0.2) is 0 Å². The maximum Gasteiger partial charge on any atom is 0.317 e. The molecule has 0 aliphatic carbocycles. The van der Waals surface area contributed by atoms with Crippen LogP contribution >= 0.6 is 0 Å². The number of aliphatic carboxylic acids is 1. The van der Waals surface area contributed by atoms with Gasteiger partial charge in [0.1, 0.15) is 0 Å². The highest BCUT2D eigenvalue weighted by molar-refractivity contribution is 5.69. The van der Waals surface area contributed by atoms with E-state index in [0.717, 1.165) is 0 Å². The van der Waals surface area contributed by atoms with E-state index in [9.17, 15) is 4.79 Å². The normalized spacial score (nSPS) is 10.3. The van der Waals surface area contributed by atoms with Crippen LogP contribution in [0.2, 0.25) is 0 Å². The lowest BCUT2D eigenvalue weighted by atomic mass is 10.1. The van der Waals surface area contributed by atoms with Crippen LogP contribution in [0.25, 0.3) is 0 Å². The second-order valence-corrected chi connectivity index (χ2v) is 3.00. The van der Waals surface area contributed by atoms with Crippen LogP contribution < -0.4 is 5.32 Å². The molecule has 0 aromatic rings. The molecule has 62 valence electrons. The van der Waals surface area contributed by atoms with E-state index in [1.807, 2.05) is 20.8 Å². The minimum absolute atomic E-state index is 0. The monoisotopic (exact) mass is 147 g/mol. The number of hydrogen-bond acceptors (Lipinski definition) is 2. The summed E-state index contributed by atoms with van der Waals surface area (Å²) in [5.74, 6) is -0.815. The molecule has 0 amide bonds. The van der Waals surface area contributed by atoms with E-state index in [1.54, 1.807) is 0 Å². The molecule has 0 fully saturated rings. The Morgan fingerprint density at radius 2 is 1.90 bits per heavy atom. The van der Waals surface area contributed by atoms with Crippen LogP contribution in [-0.2, 0) is 4.79 Å². The van der Waals surface area contributed by atoms with Crippen molar-refractivity contribution in [3.05, 3.63) is 0 Å². The van der Waals surface area contributed by atoms with Crippen LogP contribution in [-0.4, -0.2) is 23.2 Å². The maximum absolute atomic E-state index is 9.98. The Bertz CT molecular complexity index is 105. The first kappa shape index (κ1) is 12.1. The minimum atomic E-state index is -0.815. The molecule has 0 heterocycles. The minimum Gasteiger partial charge on any atom is -0.480 e. The van der Waals surface area contributed by atoms with Gasteiger partial charge in [-0.25, -0.2) is 0 Å². The Hall–Kier alpha value is -0.570. The van der Waals surface area contributed by atoms with Gasteiger partial charge in [-0.2, -0.15) is 0 Å². The van der Waals surface area contributed by atoms with Gasteiger partial charge in [0, 0.05) is 5.54 Å². The summed E-state index contributed by atoms with van der Waals surface area (Å²) in [7, 11) is 0. The smallest absolute Gasteiger partial charge is 0.317 e. The van der Waals surface area contributed by atoms with Crippen molar-refractivity contribution in [2.24, 2.45) is 0 Å². The van der Waals surface area contributed by atoms with Crippen molar-refractivity contribution < 1.29 is 9.90 Å². The maximum atomic E-state index is 9.98. The van der Waals surface area contributed by atoms with Gasteiger partial charge in [-0.1, -0.05) is 7.43 Å². The molecule has 3 heteroatoms. The molecule has 3 nitrogen and oxygen atoms in total. The van der Waals surface area contributed by atoms with Crippen molar-refractivity contribution in [3.63, 3.8) is 0 Å². The molecule has 2 N–H and O–H groups in total. The van der Waals surface area contributed by atoms with E-state index in [-0.39, 0.29) is 19.5 Å². The summed E-state index contributed by atoms with van der Waals surface area (Å²) in [6, 6.07) is 0. The highest BCUT2D eigenvalue weighted by Crippen LogP contribution is 1.96. The Balaban J connectivity index is 0. The number of hydrogen-bond donors (Lipinski definition) is 2. The summed E-state index contributed by atoms with van der Waals surface area (Å²) in [5, 5.41) is 11.0. The van der Waals surface area contributed by atoms with Gasteiger partial charge in [0.2, 0.25) is 0 Å². The van der Waals surface area contributed by atoms with E-state index in [2.05, 4.69) is 5.32 Å². The van der Waals surface area contributed by atoms with Crippen molar-refractivity contribution in [2.75, 3.05) is 6.54 Å². The molecule has 0 rings (SSSR count). The zero-order valence-corrected chi connectivity index (χ0v) is 6.06. The van der Waals surface area contributed by atoms with Gasteiger partial charge in [-0.05, 0) is 20.8 Å². The summed E-state index contributed by atoms with van der Waals surface area (Å²) in [6.45, 7) is 5.81. The summed E-state index contributed by atoms with van der Waals surface area (Å²) in [6.07, 6.45) is 0. The lowest BCUT2D eigenvalue weighted by molar-refractivity contribution is -0.136. The van der Waals surface area contributed by atoms with Crippen LogP contribution in [0.4, 0.5) is 0 Å². The van der Waals surface area contributed by atoms with Gasteiger partial charge in [-0.3, -0.25) is 4.79 Å². The summed E-state index contributed by atoms with van der Waals surface area (Å²) in [5.41, 5.74) is -0.0988. The molecule has 0 radical (unpaired) electrons. The van der Waals surface area contributed by atoms with Gasteiger partial charge in [0.25, 0.3) is 0 Å². The van der Waals surface area contributed by atoms with E-state index >= 15 is 0 Å². The average Bonchev–Trinajstić information content (AvgIpc) is 1.59. The van der Waals surface area contributed by atoms with E-state index < -0.39 is 5.97 Å². The molecule has 0 bridgehead atoms. The molecule has 10 heavy (non-hydrogen) atoms. The van der Waals surface area contributed by atoms with Crippen molar-refractivity contribution in [2.45, 2.75) is 33.7 Å². The van der Waals surface area contributed by atoms with Gasteiger partial charge in [0.05, 0.1) is 6.54 Å². The molecule has 0 saturated heterocycles. The van der Waals surface area contributed by atoms with Crippen molar-refractivity contribution >= 4 is 5.97 Å². The predicted octanol–water partition coefficient (Wildman–Crippen LogP) is 1.10. The van der Waals surface area contributed by atoms with Crippen molar-refractivity contribution in [1.82, 2.24) is 5.32 Å². The average molecular weight is 147 g/mol. The van der Waals surface area contributed by atoms with Gasteiger partial charge in [-0.15, -0.1) is 0 Å². The third-order valence-corrected chi connectivity index (χ3v) is 0.770. The number of nitrogens with one attached hydrogen (secondary N) is 1. The van der Waals surface area contributed by atoms with Crippen LogP contribution in [0.15, 0.2) is 0 Å². The first-order chi connectivity index (χ1) is 3.92. The zero-order chi connectivity index (χ0) is 7.49. The summed E-state index contributed by atoms with van der Waals surface area (Å²) >= 11 is 0. The predicted molar refractivity (Wildman–Crippen MR) is 42.1 cm³/mol. The standard InChI is InChI=1S/C6H13NO2.CH4/c1-6(2,3)7-4-5(8)9;/h7H,4H2,1-3H3,(H,8,9);1H4. The molecule has 0 unspecified atom stereocenters. The molecule has 0 atom stereocenters.